The SMILES string of the molecule is CC.Cc1cnnc2c1CCC2. The molecule has 0 amide bonds. The Hall–Kier alpha value is -0.920. The zero-order chi connectivity index (χ0) is 8.97. The van der Waals surface area contributed by atoms with Crippen molar-refractivity contribution in [1.82, 2.24) is 10.2 Å². The second-order valence-corrected chi connectivity index (χ2v) is 2.81. The standard InChI is InChI=1S/C8H10N2.C2H6/c1-6-5-9-10-8-4-2-3-7(6)8;1-2/h5H,2-4H2,1H3;1-2H3. The molecule has 2 nitrogen and oxygen atoms in total. The minimum Gasteiger partial charge on any atom is -0.159 e. The fraction of sp³-hybridized carbons (Fsp3) is 0.600. The molecule has 1 aliphatic carbocycles. The maximum Gasteiger partial charge on any atom is 0.0665 e. The molecule has 66 valence electrons. The van der Waals surface area contributed by atoms with E-state index in [0.29, 0.717) is 0 Å². The Bertz CT molecular complexity index is 256. The maximum atomic E-state index is 4.07. The molecule has 0 bridgehead atoms. The first kappa shape index (κ1) is 9.17. The topological polar surface area (TPSA) is 25.8 Å². The zero-order valence-corrected chi connectivity index (χ0v) is 8.09. The first-order valence-electron chi connectivity index (χ1n) is 4.68. The van der Waals surface area contributed by atoms with Gasteiger partial charge in [0.2, 0.25) is 0 Å². The van der Waals surface area contributed by atoms with Crippen LogP contribution in [0.1, 0.15) is 37.1 Å². The Kier molecular flexibility index (Phi) is 3.20. The summed E-state index contributed by atoms with van der Waals surface area (Å²) in [5.41, 5.74) is 3.97. The van der Waals surface area contributed by atoms with E-state index < -0.39 is 0 Å². The second-order valence-electron chi connectivity index (χ2n) is 2.81. The lowest BCUT2D eigenvalue weighted by atomic mass is 10.1. The van der Waals surface area contributed by atoms with Gasteiger partial charge in [-0.05, 0) is 37.3 Å². The Morgan fingerprint density at radius 1 is 1.25 bits per heavy atom. The molecule has 0 atom stereocenters. The molecular weight excluding hydrogens is 148 g/mol. The summed E-state index contributed by atoms with van der Waals surface area (Å²) in [4.78, 5) is 0. The van der Waals surface area contributed by atoms with Crippen LogP contribution in [0.15, 0.2) is 6.20 Å². The summed E-state index contributed by atoms with van der Waals surface area (Å²) in [5.74, 6) is 0. The monoisotopic (exact) mass is 164 g/mol. The van der Waals surface area contributed by atoms with Gasteiger partial charge in [0.1, 0.15) is 0 Å². The van der Waals surface area contributed by atoms with Gasteiger partial charge < -0.3 is 0 Å². The van der Waals surface area contributed by atoms with Crippen molar-refractivity contribution in [3.8, 4) is 0 Å². The van der Waals surface area contributed by atoms with Crippen LogP contribution in [0.5, 0.6) is 0 Å². The van der Waals surface area contributed by atoms with Crippen molar-refractivity contribution in [2.75, 3.05) is 0 Å². The normalized spacial score (nSPS) is 13.2. The highest BCUT2D eigenvalue weighted by Crippen LogP contribution is 2.20. The third kappa shape index (κ3) is 1.63. The predicted octanol–water partition coefficient (Wildman–Crippen LogP) is 2.30. The van der Waals surface area contributed by atoms with Crippen LogP contribution in [-0.2, 0) is 12.8 Å². The van der Waals surface area contributed by atoms with E-state index in [1.165, 1.54) is 29.7 Å². The Morgan fingerprint density at radius 2 is 2.00 bits per heavy atom. The van der Waals surface area contributed by atoms with Crippen molar-refractivity contribution in [2.45, 2.75) is 40.0 Å². The molecule has 1 heterocycles. The van der Waals surface area contributed by atoms with E-state index in [-0.39, 0.29) is 0 Å². The molecule has 2 rings (SSSR count). The molecule has 1 aromatic heterocycles. The van der Waals surface area contributed by atoms with E-state index in [0.717, 1.165) is 6.42 Å². The van der Waals surface area contributed by atoms with Crippen LogP contribution in [0.4, 0.5) is 0 Å². The van der Waals surface area contributed by atoms with Crippen molar-refractivity contribution >= 4 is 0 Å². The third-order valence-corrected chi connectivity index (χ3v) is 2.09. The highest BCUT2D eigenvalue weighted by Gasteiger charge is 2.13. The van der Waals surface area contributed by atoms with E-state index in [1.807, 2.05) is 20.0 Å². The van der Waals surface area contributed by atoms with Crippen molar-refractivity contribution in [3.63, 3.8) is 0 Å². The lowest BCUT2D eigenvalue weighted by Crippen LogP contribution is -1.93. The van der Waals surface area contributed by atoms with E-state index in [2.05, 4.69) is 17.1 Å². The minimum atomic E-state index is 1.13. The number of hydrogen-bond acceptors (Lipinski definition) is 2. The minimum absolute atomic E-state index is 1.13. The predicted molar refractivity (Wildman–Crippen MR) is 50.1 cm³/mol. The zero-order valence-electron chi connectivity index (χ0n) is 8.09. The lowest BCUT2D eigenvalue weighted by molar-refractivity contribution is 0.878. The first-order chi connectivity index (χ1) is 5.88. The number of aromatic nitrogens is 2. The summed E-state index contributed by atoms with van der Waals surface area (Å²) >= 11 is 0. The molecule has 1 aromatic rings. The molecule has 1 aliphatic rings. The average molecular weight is 164 g/mol. The molecule has 12 heavy (non-hydrogen) atoms. The number of rotatable bonds is 0. The fourth-order valence-electron chi connectivity index (χ4n) is 1.53. The van der Waals surface area contributed by atoms with Crippen LogP contribution in [0.2, 0.25) is 0 Å². The summed E-state index contributed by atoms with van der Waals surface area (Å²) in [6, 6.07) is 0. The van der Waals surface area contributed by atoms with E-state index in [9.17, 15) is 0 Å². The van der Waals surface area contributed by atoms with E-state index in [4.69, 9.17) is 0 Å². The number of nitrogens with zero attached hydrogens (tertiary/aromatic N) is 2. The number of fused-ring (bicyclic) bond motifs is 1. The Morgan fingerprint density at radius 3 is 2.67 bits per heavy atom. The van der Waals surface area contributed by atoms with Gasteiger partial charge in [0.25, 0.3) is 0 Å². The van der Waals surface area contributed by atoms with Gasteiger partial charge in [0.05, 0.1) is 11.9 Å². The molecule has 0 N–H and O–H groups in total. The van der Waals surface area contributed by atoms with Crippen molar-refractivity contribution in [2.24, 2.45) is 0 Å². The van der Waals surface area contributed by atoms with Crippen molar-refractivity contribution in [3.05, 3.63) is 23.0 Å². The molecule has 0 saturated carbocycles. The van der Waals surface area contributed by atoms with E-state index in [1.54, 1.807) is 0 Å². The second kappa shape index (κ2) is 4.19. The fourth-order valence-corrected chi connectivity index (χ4v) is 1.53. The van der Waals surface area contributed by atoms with Gasteiger partial charge in [-0.1, -0.05) is 13.8 Å². The number of aryl methyl sites for hydroxylation is 2. The van der Waals surface area contributed by atoms with Gasteiger partial charge >= 0.3 is 0 Å². The van der Waals surface area contributed by atoms with Gasteiger partial charge in [-0.2, -0.15) is 10.2 Å². The van der Waals surface area contributed by atoms with Gasteiger partial charge in [-0.15, -0.1) is 0 Å². The van der Waals surface area contributed by atoms with Gasteiger partial charge in [0, 0.05) is 0 Å². The molecule has 0 saturated heterocycles. The van der Waals surface area contributed by atoms with Crippen LogP contribution in [0.3, 0.4) is 0 Å². The van der Waals surface area contributed by atoms with Crippen LogP contribution in [-0.4, -0.2) is 10.2 Å². The summed E-state index contributed by atoms with van der Waals surface area (Å²) in [7, 11) is 0. The van der Waals surface area contributed by atoms with Crippen LogP contribution < -0.4 is 0 Å². The maximum absolute atomic E-state index is 4.07. The molecular formula is C10H16N2. The lowest BCUT2D eigenvalue weighted by Gasteiger charge is -1.98. The molecule has 2 heteroatoms. The largest absolute Gasteiger partial charge is 0.159 e. The average Bonchev–Trinajstić information content (AvgIpc) is 2.57. The summed E-state index contributed by atoms with van der Waals surface area (Å²) < 4.78 is 0. The number of hydrogen-bond donors (Lipinski definition) is 0. The van der Waals surface area contributed by atoms with Crippen LogP contribution in [0, 0.1) is 6.92 Å². The van der Waals surface area contributed by atoms with E-state index >= 15 is 0 Å². The Balaban J connectivity index is 0.000000336. The molecule has 0 spiro atoms. The molecule has 0 unspecified atom stereocenters. The Labute approximate surface area is 74.0 Å². The first-order valence-corrected chi connectivity index (χ1v) is 4.68. The molecule has 0 aromatic carbocycles. The highest BCUT2D eigenvalue weighted by atomic mass is 15.1. The molecule has 0 aliphatic heterocycles. The smallest absolute Gasteiger partial charge is 0.0665 e. The van der Waals surface area contributed by atoms with Crippen LogP contribution in [0.25, 0.3) is 0 Å². The van der Waals surface area contributed by atoms with Crippen LogP contribution >= 0.6 is 0 Å². The molecule has 0 radical (unpaired) electrons. The van der Waals surface area contributed by atoms with Gasteiger partial charge in [0.15, 0.2) is 0 Å². The van der Waals surface area contributed by atoms with Crippen molar-refractivity contribution in [1.29, 1.82) is 0 Å². The van der Waals surface area contributed by atoms with Gasteiger partial charge in [-0.25, -0.2) is 0 Å². The summed E-state index contributed by atoms with van der Waals surface area (Å²) in [6.07, 6.45) is 5.44. The van der Waals surface area contributed by atoms with Crippen molar-refractivity contribution < 1.29 is 0 Å². The summed E-state index contributed by atoms with van der Waals surface area (Å²) in [5, 5.41) is 7.98. The quantitative estimate of drug-likeness (QED) is 0.588. The third-order valence-electron chi connectivity index (χ3n) is 2.09. The van der Waals surface area contributed by atoms with Gasteiger partial charge in [-0.3, -0.25) is 0 Å². The highest BCUT2D eigenvalue weighted by molar-refractivity contribution is 5.29. The molecule has 0 fully saturated rings. The summed E-state index contributed by atoms with van der Waals surface area (Å²) in [6.45, 7) is 6.11.